The minimum atomic E-state index is 0.475. The van der Waals surface area contributed by atoms with E-state index in [1.165, 1.54) is 0 Å². The average Bonchev–Trinajstić information content (AvgIpc) is 2.38. The maximum atomic E-state index is 9.19. The molecule has 0 fully saturated rings. The number of ether oxygens (including phenoxy) is 1. The van der Waals surface area contributed by atoms with Crippen molar-refractivity contribution in [2.45, 2.75) is 6.92 Å². The SMILES string of the molecule is COc1ccc(-c2cc(C)[nH]c(=S)c2C#N)cc1. The highest BCUT2D eigenvalue weighted by Crippen LogP contribution is 2.26. The number of rotatable bonds is 2. The van der Waals surface area contributed by atoms with E-state index in [-0.39, 0.29) is 0 Å². The van der Waals surface area contributed by atoms with E-state index in [9.17, 15) is 5.26 Å². The first-order valence-electron chi connectivity index (χ1n) is 5.44. The summed E-state index contributed by atoms with van der Waals surface area (Å²) in [5.41, 5.74) is 3.24. The molecule has 0 unspecified atom stereocenters. The molecular weight excluding hydrogens is 244 g/mol. The van der Waals surface area contributed by atoms with Gasteiger partial charge in [0.05, 0.1) is 12.7 Å². The second-order valence-corrected chi connectivity index (χ2v) is 4.32. The van der Waals surface area contributed by atoms with E-state index in [4.69, 9.17) is 17.0 Å². The van der Waals surface area contributed by atoms with Gasteiger partial charge in [0.15, 0.2) is 0 Å². The van der Waals surface area contributed by atoms with Crippen molar-refractivity contribution < 1.29 is 4.74 Å². The van der Waals surface area contributed by atoms with Crippen LogP contribution in [-0.2, 0) is 0 Å². The lowest BCUT2D eigenvalue weighted by Crippen LogP contribution is -1.92. The standard InChI is InChI=1S/C14H12N2OS/c1-9-7-12(13(8-15)14(18)16-9)10-3-5-11(17-2)6-4-10/h3-7H,1-2H3,(H,16,18). The molecule has 0 bridgehead atoms. The molecule has 1 aromatic carbocycles. The third-order valence-electron chi connectivity index (χ3n) is 2.68. The number of hydrogen-bond donors (Lipinski definition) is 1. The summed E-state index contributed by atoms with van der Waals surface area (Å²) in [6.07, 6.45) is 0. The molecule has 0 amide bonds. The third kappa shape index (κ3) is 2.27. The molecular formula is C14H12N2OS. The fourth-order valence-corrected chi connectivity index (χ4v) is 2.11. The van der Waals surface area contributed by atoms with Gasteiger partial charge in [0.25, 0.3) is 0 Å². The smallest absolute Gasteiger partial charge is 0.122 e. The number of pyridine rings is 1. The van der Waals surface area contributed by atoms with Crippen LogP contribution in [0.4, 0.5) is 0 Å². The predicted octanol–water partition coefficient (Wildman–Crippen LogP) is 3.60. The lowest BCUT2D eigenvalue weighted by molar-refractivity contribution is 0.415. The summed E-state index contributed by atoms with van der Waals surface area (Å²) < 4.78 is 5.59. The van der Waals surface area contributed by atoms with Gasteiger partial charge in [-0.2, -0.15) is 5.26 Å². The highest BCUT2D eigenvalue weighted by Gasteiger charge is 2.08. The van der Waals surface area contributed by atoms with Crippen LogP contribution in [0.3, 0.4) is 0 Å². The molecule has 0 radical (unpaired) electrons. The van der Waals surface area contributed by atoms with Gasteiger partial charge in [0.1, 0.15) is 16.5 Å². The first kappa shape index (κ1) is 12.3. The summed E-state index contributed by atoms with van der Waals surface area (Å²) in [5.74, 6) is 0.787. The average molecular weight is 256 g/mol. The molecule has 0 saturated heterocycles. The maximum Gasteiger partial charge on any atom is 0.122 e. The van der Waals surface area contributed by atoms with Gasteiger partial charge >= 0.3 is 0 Å². The summed E-state index contributed by atoms with van der Waals surface area (Å²) in [7, 11) is 1.62. The van der Waals surface area contributed by atoms with Crippen LogP contribution in [0.2, 0.25) is 0 Å². The predicted molar refractivity (Wildman–Crippen MR) is 73.1 cm³/mol. The number of nitrogens with zero attached hydrogens (tertiary/aromatic N) is 1. The van der Waals surface area contributed by atoms with Crippen LogP contribution < -0.4 is 4.74 Å². The normalized spacial score (nSPS) is 9.83. The lowest BCUT2D eigenvalue weighted by Gasteiger charge is -2.07. The van der Waals surface area contributed by atoms with E-state index >= 15 is 0 Å². The van der Waals surface area contributed by atoms with E-state index < -0.39 is 0 Å². The van der Waals surface area contributed by atoms with Gasteiger partial charge in [-0.15, -0.1) is 0 Å². The van der Waals surface area contributed by atoms with E-state index in [1.54, 1.807) is 7.11 Å². The molecule has 0 aliphatic carbocycles. The van der Waals surface area contributed by atoms with Crippen molar-refractivity contribution in [2.24, 2.45) is 0 Å². The summed E-state index contributed by atoms with van der Waals surface area (Å²) in [5, 5.41) is 9.19. The molecule has 3 nitrogen and oxygen atoms in total. The van der Waals surface area contributed by atoms with Crippen molar-refractivity contribution in [2.75, 3.05) is 7.11 Å². The Morgan fingerprint density at radius 3 is 2.50 bits per heavy atom. The number of aromatic nitrogens is 1. The quantitative estimate of drug-likeness (QED) is 0.835. The summed E-state index contributed by atoms with van der Waals surface area (Å²) in [6.45, 7) is 1.92. The summed E-state index contributed by atoms with van der Waals surface area (Å²) in [4.78, 5) is 2.99. The highest BCUT2D eigenvalue weighted by atomic mass is 32.1. The Balaban J connectivity index is 2.63. The van der Waals surface area contributed by atoms with Crippen molar-refractivity contribution in [3.63, 3.8) is 0 Å². The Morgan fingerprint density at radius 1 is 1.28 bits per heavy atom. The Kier molecular flexibility index (Phi) is 3.45. The molecule has 90 valence electrons. The van der Waals surface area contributed by atoms with E-state index in [1.807, 2.05) is 37.3 Å². The molecule has 0 aliphatic heterocycles. The molecule has 4 heteroatoms. The van der Waals surface area contributed by atoms with Crippen LogP contribution in [-0.4, -0.2) is 12.1 Å². The summed E-state index contributed by atoms with van der Waals surface area (Å²) >= 11 is 5.17. The van der Waals surface area contributed by atoms with Gasteiger partial charge in [-0.05, 0) is 30.7 Å². The van der Waals surface area contributed by atoms with Crippen molar-refractivity contribution >= 4 is 12.2 Å². The molecule has 1 aromatic heterocycles. The van der Waals surface area contributed by atoms with E-state index in [0.29, 0.717) is 10.2 Å². The lowest BCUT2D eigenvalue weighted by atomic mass is 10.0. The Hall–Kier alpha value is -2.12. The van der Waals surface area contributed by atoms with Crippen molar-refractivity contribution in [1.29, 1.82) is 5.26 Å². The fourth-order valence-electron chi connectivity index (χ4n) is 1.80. The van der Waals surface area contributed by atoms with Gasteiger partial charge in [0.2, 0.25) is 0 Å². The monoisotopic (exact) mass is 256 g/mol. The largest absolute Gasteiger partial charge is 0.497 e. The maximum absolute atomic E-state index is 9.19. The van der Waals surface area contributed by atoms with Crippen LogP contribution in [0.15, 0.2) is 30.3 Å². The molecule has 0 atom stereocenters. The second kappa shape index (κ2) is 5.03. The second-order valence-electron chi connectivity index (χ2n) is 3.91. The van der Waals surface area contributed by atoms with Gasteiger partial charge in [-0.3, -0.25) is 0 Å². The number of hydrogen-bond acceptors (Lipinski definition) is 3. The molecule has 2 rings (SSSR count). The molecule has 0 aliphatic rings. The molecule has 2 aromatic rings. The van der Waals surface area contributed by atoms with Crippen LogP contribution in [0.5, 0.6) is 5.75 Å². The number of H-pyrrole nitrogens is 1. The Bertz CT molecular complexity index is 666. The van der Waals surface area contributed by atoms with Crippen molar-refractivity contribution in [1.82, 2.24) is 4.98 Å². The van der Waals surface area contributed by atoms with Gasteiger partial charge in [0, 0.05) is 11.3 Å². The first-order valence-corrected chi connectivity index (χ1v) is 5.85. The van der Waals surface area contributed by atoms with Crippen LogP contribution >= 0.6 is 12.2 Å². The number of aromatic amines is 1. The molecule has 18 heavy (non-hydrogen) atoms. The minimum Gasteiger partial charge on any atom is -0.497 e. The number of nitrogens with one attached hydrogen (secondary N) is 1. The Morgan fingerprint density at radius 2 is 1.94 bits per heavy atom. The van der Waals surface area contributed by atoms with Crippen LogP contribution in [0.1, 0.15) is 11.3 Å². The van der Waals surface area contributed by atoms with Crippen molar-refractivity contribution in [3.05, 3.63) is 46.2 Å². The molecule has 0 saturated carbocycles. The zero-order valence-corrected chi connectivity index (χ0v) is 11.0. The molecule has 0 spiro atoms. The molecule has 1 N–H and O–H groups in total. The number of aryl methyl sites for hydroxylation is 1. The van der Waals surface area contributed by atoms with Gasteiger partial charge < -0.3 is 9.72 Å². The fraction of sp³-hybridized carbons (Fsp3) is 0.143. The topological polar surface area (TPSA) is 48.8 Å². The van der Waals surface area contributed by atoms with Gasteiger partial charge in [-0.1, -0.05) is 24.4 Å². The highest BCUT2D eigenvalue weighted by molar-refractivity contribution is 7.71. The third-order valence-corrected chi connectivity index (χ3v) is 2.99. The minimum absolute atomic E-state index is 0.475. The molecule has 1 heterocycles. The Labute approximate surface area is 111 Å². The zero-order chi connectivity index (χ0) is 13.1. The number of nitriles is 1. The number of benzene rings is 1. The van der Waals surface area contributed by atoms with Crippen molar-refractivity contribution in [3.8, 4) is 22.9 Å². The van der Waals surface area contributed by atoms with E-state index in [0.717, 1.165) is 22.6 Å². The summed E-state index contributed by atoms with van der Waals surface area (Å²) in [6, 6.07) is 11.7. The van der Waals surface area contributed by atoms with Gasteiger partial charge in [-0.25, -0.2) is 0 Å². The number of methoxy groups -OCH3 is 1. The van der Waals surface area contributed by atoms with E-state index in [2.05, 4.69) is 11.1 Å². The van der Waals surface area contributed by atoms with Crippen LogP contribution in [0.25, 0.3) is 11.1 Å². The zero-order valence-electron chi connectivity index (χ0n) is 10.2. The first-order chi connectivity index (χ1) is 8.65. The van der Waals surface area contributed by atoms with Crippen LogP contribution in [0, 0.1) is 22.9 Å².